The van der Waals surface area contributed by atoms with Crippen LogP contribution in [0.4, 0.5) is 11.4 Å². The van der Waals surface area contributed by atoms with Crippen LogP contribution >= 0.6 is 11.6 Å². The molecule has 3 aromatic rings. The molecule has 10 nitrogen and oxygen atoms in total. The largest absolute Gasteiger partial charge is 0.454 e. The second kappa shape index (κ2) is 7.79. The van der Waals surface area contributed by atoms with E-state index in [1.807, 2.05) is 6.92 Å². The lowest BCUT2D eigenvalue weighted by atomic mass is 9.86. The number of carbonyl (C=O) groups is 3. The Bertz CT molecular complexity index is 1520. The van der Waals surface area contributed by atoms with Crippen LogP contribution < -0.4 is 14.4 Å². The highest BCUT2D eigenvalue weighted by atomic mass is 35.5. The molecule has 11 heteroatoms. The van der Waals surface area contributed by atoms with Gasteiger partial charge in [-0.05, 0) is 48.4 Å². The Labute approximate surface area is 208 Å². The maximum absolute atomic E-state index is 13.6. The van der Waals surface area contributed by atoms with Gasteiger partial charge in [0.15, 0.2) is 11.5 Å². The minimum atomic E-state index is -1.22. The summed E-state index contributed by atoms with van der Waals surface area (Å²) in [7, 11) is 0. The second-order valence-electron chi connectivity index (χ2n) is 8.58. The zero-order valence-electron chi connectivity index (χ0n) is 18.6. The number of nitro groups is 1. The average molecular weight is 506 g/mol. The average Bonchev–Trinajstić information content (AvgIpc) is 3.42. The van der Waals surface area contributed by atoms with Gasteiger partial charge in [0.05, 0.1) is 16.5 Å². The molecule has 3 aromatic carbocycles. The normalized spacial score (nSPS) is 20.0. The van der Waals surface area contributed by atoms with Crippen molar-refractivity contribution in [3.05, 3.63) is 92.0 Å². The lowest BCUT2D eigenvalue weighted by Gasteiger charge is -2.49. The van der Waals surface area contributed by atoms with E-state index in [2.05, 4.69) is 0 Å². The third-order valence-corrected chi connectivity index (χ3v) is 7.05. The van der Waals surface area contributed by atoms with Gasteiger partial charge in [0.25, 0.3) is 23.4 Å². The van der Waals surface area contributed by atoms with Gasteiger partial charge in [-0.3, -0.25) is 29.4 Å². The number of aryl methyl sites for hydroxylation is 1. The first-order valence-electron chi connectivity index (χ1n) is 10.9. The molecule has 0 bridgehead atoms. The zero-order chi connectivity index (χ0) is 25.3. The van der Waals surface area contributed by atoms with E-state index in [1.54, 1.807) is 36.4 Å². The number of imide groups is 1. The predicted molar refractivity (Wildman–Crippen MR) is 126 cm³/mol. The zero-order valence-corrected chi connectivity index (χ0v) is 19.4. The molecule has 36 heavy (non-hydrogen) atoms. The summed E-state index contributed by atoms with van der Waals surface area (Å²) in [6.45, 7) is 1.87. The SMILES string of the molecule is Cc1ccc(N2C(=O)[C@@H](N3C(=O)c4cccc([N+](=O)[O-])c4C3=O)[C@@H]2c2ccc3c(c2)OCO3)cc1Cl. The van der Waals surface area contributed by atoms with Crippen molar-refractivity contribution in [2.75, 3.05) is 11.7 Å². The quantitative estimate of drug-likeness (QED) is 0.227. The molecule has 180 valence electrons. The number of β-lactam (4-membered cyclic amide) rings is 1. The number of rotatable bonds is 4. The highest BCUT2D eigenvalue weighted by molar-refractivity contribution is 6.32. The van der Waals surface area contributed by atoms with Crippen LogP contribution in [0.25, 0.3) is 0 Å². The van der Waals surface area contributed by atoms with Crippen molar-refractivity contribution in [1.29, 1.82) is 0 Å². The Hall–Kier alpha value is -4.44. The maximum atomic E-state index is 13.6. The smallest absolute Gasteiger partial charge is 0.282 e. The number of amides is 3. The molecule has 3 aliphatic rings. The van der Waals surface area contributed by atoms with Gasteiger partial charge >= 0.3 is 0 Å². The van der Waals surface area contributed by atoms with E-state index in [9.17, 15) is 24.5 Å². The van der Waals surface area contributed by atoms with E-state index < -0.39 is 40.4 Å². The maximum Gasteiger partial charge on any atom is 0.282 e. The fourth-order valence-corrected chi connectivity index (χ4v) is 5.04. The molecular formula is C25H16ClN3O7. The number of fused-ring (bicyclic) bond motifs is 2. The van der Waals surface area contributed by atoms with Crippen molar-refractivity contribution in [3.63, 3.8) is 0 Å². The number of carbonyl (C=O) groups excluding carboxylic acids is 3. The molecule has 0 radical (unpaired) electrons. The van der Waals surface area contributed by atoms with Gasteiger partial charge in [-0.15, -0.1) is 0 Å². The molecule has 0 unspecified atom stereocenters. The van der Waals surface area contributed by atoms with Crippen LogP contribution in [0, 0.1) is 17.0 Å². The summed E-state index contributed by atoms with van der Waals surface area (Å²) < 4.78 is 10.9. The summed E-state index contributed by atoms with van der Waals surface area (Å²) in [5, 5.41) is 12.0. The summed E-state index contributed by atoms with van der Waals surface area (Å²) in [6.07, 6.45) is 0. The number of anilines is 1. The van der Waals surface area contributed by atoms with E-state index in [1.165, 1.54) is 17.0 Å². The standard InChI is InChI=1S/C25H16ClN3O7/c1-12-5-7-14(10-16(12)26)27-21(13-6-8-18-19(9-13)36-11-35-18)22(25(27)32)28-23(30)15-3-2-4-17(29(33)34)20(15)24(28)31/h2-10,21-22H,11H2,1H3/t21-,22-/m0/s1. The van der Waals surface area contributed by atoms with Crippen molar-refractivity contribution in [1.82, 2.24) is 4.90 Å². The summed E-state index contributed by atoms with van der Waals surface area (Å²) in [5.41, 5.74) is 0.979. The van der Waals surface area contributed by atoms with Gasteiger partial charge in [0.1, 0.15) is 11.6 Å². The number of nitro benzene ring substituents is 1. The predicted octanol–water partition coefficient (Wildman–Crippen LogP) is 4.04. The first-order valence-corrected chi connectivity index (χ1v) is 11.3. The molecule has 0 aromatic heterocycles. The highest BCUT2D eigenvalue weighted by Crippen LogP contribution is 2.47. The molecule has 1 fully saturated rings. The first kappa shape index (κ1) is 22.1. The van der Waals surface area contributed by atoms with Gasteiger partial charge in [0, 0.05) is 16.8 Å². The number of halogens is 1. The molecule has 0 saturated carbocycles. The lowest BCUT2D eigenvalue weighted by Crippen LogP contribution is -2.67. The van der Waals surface area contributed by atoms with Crippen LogP contribution in [0.1, 0.15) is 37.9 Å². The molecule has 0 N–H and O–H groups in total. The summed E-state index contributed by atoms with van der Waals surface area (Å²) in [6, 6.07) is 12.1. The molecule has 6 rings (SSSR count). The Morgan fingerprint density at radius 2 is 1.72 bits per heavy atom. The molecular weight excluding hydrogens is 490 g/mol. The van der Waals surface area contributed by atoms with Crippen LogP contribution in [-0.4, -0.2) is 40.4 Å². The van der Waals surface area contributed by atoms with E-state index in [-0.39, 0.29) is 17.9 Å². The van der Waals surface area contributed by atoms with Gasteiger partial charge in [-0.25, -0.2) is 0 Å². The number of hydrogen-bond donors (Lipinski definition) is 0. The van der Waals surface area contributed by atoms with Crippen molar-refractivity contribution in [2.24, 2.45) is 0 Å². The molecule has 3 aliphatic heterocycles. The molecule has 0 spiro atoms. The number of hydrogen-bond acceptors (Lipinski definition) is 7. The topological polar surface area (TPSA) is 119 Å². The minimum Gasteiger partial charge on any atom is -0.454 e. The summed E-state index contributed by atoms with van der Waals surface area (Å²) >= 11 is 6.32. The van der Waals surface area contributed by atoms with E-state index in [0.717, 1.165) is 16.5 Å². The molecule has 1 saturated heterocycles. The Morgan fingerprint density at radius 1 is 0.944 bits per heavy atom. The number of benzene rings is 3. The summed E-state index contributed by atoms with van der Waals surface area (Å²) in [5.74, 6) is -1.17. The Morgan fingerprint density at radius 3 is 2.47 bits per heavy atom. The van der Waals surface area contributed by atoms with Gasteiger partial charge < -0.3 is 14.4 Å². The van der Waals surface area contributed by atoms with E-state index >= 15 is 0 Å². The molecule has 2 atom stereocenters. The van der Waals surface area contributed by atoms with E-state index in [4.69, 9.17) is 21.1 Å². The second-order valence-corrected chi connectivity index (χ2v) is 8.99. The fraction of sp³-hybridized carbons (Fsp3) is 0.160. The fourth-order valence-electron chi connectivity index (χ4n) is 4.86. The Balaban J connectivity index is 1.46. The van der Waals surface area contributed by atoms with Gasteiger partial charge in [-0.1, -0.05) is 29.8 Å². The summed E-state index contributed by atoms with van der Waals surface area (Å²) in [4.78, 5) is 53.4. The number of nitrogens with zero attached hydrogens (tertiary/aromatic N) is 3. The van der Waals surface area contributed by atoms with Crippen LogP contribution in [0.5, 0.6) is 11.5 Å². The lowest BCUT2D eigenvalue weighted by molar-refractivity contribution is -0.385. The molecule has 3 heterocycles. The Kier molecular flexibility index (Phi) is 4.77. The third-order valence-electron chi connectivity index (χ3n) is 6.64. The highest BCUT2D eigenvalue weighted by Gasteiger charge is 2.58. The van der Waals surface area contributed by atoms with Gasteiger partial charge in [0.2, 0.25) is 6.79 Å². The van der Waals surface area contributed by atoms with Crippen molar-refractivity contribution < 1.29 is 28.8 Å². The van der Waals surface area contributed by atoms with Crippen LogP contribution in [0.3, 0.4) is 0 Å². The minimum absolute atomic E-state index is 0.0468. The van der Waals surface area contributed by atoms with Crippen molar-refractivity contribution in [2.45, 2.75) is 19.0 Å². The third kappa shape index (κ3) is 3.01. The first-order chi connectivity index (χ1) is 17.3. The van der Waals surface area contributed by atoms with Crippen molar-refractivity contribution >= 4 is 40.7 Å². The molecule has 0 aliphatic carbocycles. The van der Waals surface area contributed by atoms with Crippen LogP contribution in [0.15, 0.2) is 54.6 Å². The van der Waals surface area contributed by atoms with E-state index in [0.29, 0.717) is 27.8 Å². The van der Waals surface area contributed by atoms with Crippen molar-refractivity contribution in [3.8, 4) is 11.5 Å². The van der Waals surface area contributed by atoms with Crippen LogP contribution in [0.2, 0.25) is 5.02 Å². The van der Waals surface area contributed by atoms with Gasteiger partial charge in [-0.2, -0.15) is 0 Å². The van der Waals surface area contributed by atoms with Crippen LogP contribution in [-0.2, 0) is 4.79 Å². The number of ether oxygens (including phenoxy) is 2. The monoisotopic (exact) mass is 505 g/mol. The molecule has 3 amide bonds.